The van der Waals surface area contributed by atoms with Crippen molar-refractivity contribution in [2.24, 2.45) is 0 Å². The molecule has 33 heavy (non-hydrogen) atoms. The van der Waals surface area contributed by atoms with E-state index >= 15 is 0 Å². The molecule has 2 aromatic carbocycles. The maximum absolute atomic E-state index is 5.89. The van der Waals surface area contributed by atoms with Crippen LogP contribution in [-0.2, 0) is 0 Å². The minimum absolute atomic E-state index is 0.523. The molecule has 4 heterocycles. The Kier molecular flexibility index (Phi) is 5.08. The topological polar surface area (TPSA) is 93.6 Å². The quantitative estimate of drug-likeness (QED) is 0.403. The lowest BCUT2D eigenvalue weighted by Gasteiger charge is -2.15. The van der Waals surface area contributed by atoms with Crippen LogP contribution in [0.1, 0.15) is 12.8 Å². The minimum atomic E-state index is 0.523. The summed E-state index contributed by atoms with van der Waals surface area (Å²) in [5.41, 5.74) is 4.92. The SMILES string of the molecule is c1cc(-c2ccc3nonc3c2)n2nc(Nc3ccc(OCCN4CCCC4)cc3)nc2c1. The Balaban J connectivity index is 1.17. The van der Waals surface area contributed by atoms with Gasteiger partial charge in [0.15, 0.2) is 5.65 Å². The molecule has 5 aromatic rings. The highest BCUT2D eigenvalue weighted by Crippen LogP contribution is 2.25. The number of hydrogen-bond acceptors (Lipinski definition) is 8. The Morgan fingerprint density at radius 1 is 0.939 bits per heavy atom. The van der Waals surface area contributed by atoms with Gasteiger partial charge in [-0.3, -0.25) is 4.90 Å². The van der Waals surface area contributed by atoms with E-state index < -0.39 is 0 Å². The van der Waals surface area contributed by atoms with Gasteiger partial charge in [-0.1, -0.05) is 12.1 Å². The van der Waals surface area contributed by atoms with Crippen LogP contribution in [0.15, 0.2) is 65.3 Å². The maximum atomic E-state index is 5.89. The zero-order chi connectivity index (χ0) is 22.0. The molecule has 1 saturated heterocycles. The van der Waals surface area contributed by atoms with E-state index in [-0.39, 0.29) is 0 Å². The first-order valence-electron chi connectivity index (χ1n) is 11.1. The van der Waals surface area contributed by atoms with Gasteiger partial charge < -0.3 is 10.1 Å². The molecule has 0 aliphatic carbocycles. The van der Waals surface area contributed by atoms with Gasteiger partial charge in [0.25, 0.3) is 0 Å². The number of pyridine rings is 1. The summed E-state index contributed by atoms with van der Waals surface area (Å²) in [5.74, 6) is 1.39. The Morgan fingerprint density at radius 2 is 1.79 bits per heavy atom. The van der Waals surface area contributed by atoms with Crippen molar-refractivity contribution in [3.05, 3.63) is 60.7 Å². The fraction of sp³-hybridized carbons (Fsp3) is 0.250. The van der Waals surface area contributed by atoms with Crippen molar-refractivity contribution in [3.63, 3.8) is 0 Å². The summed E-state index contributed by atoms with van der Waals surface area (Å²) in [6.07, 6.45) is 2.60. The molecule has 0 bridgehead atoms. The first-order chi connectivity index (χ1) is 16.3. The standard InChI is InChI=1S/C24H23N7O2/c1-2-13-30(12-1)14-15-32-19-9-7-18(8-10-19)25-24-26-23-5-3-4-22(31(23)27-24)17-6-11-20-21(16-17)29-33-28-20/h3-11,16H,1-2,12-15H2,(H,25,27). The van der Waals surface area contributed by atoms with Gasteiger partial charge in [0.2, 0.25) is 5.95 Å². The number of rotatable bonds is 7. The van der Waals surface area contributed by atoms with Crippen LogP contribution in [0.3, 0.4) is 0 Å². The molecule has 0 unspecified atom stereocenters. The van der Waals surface area contributed by atoms with E-state index in [4.69, 9.17) is 9.37 Å². The van der Waals surface area contributed by atoms with Gasteiger partial charge in [-0.2, -0.15) is 4.98 Å². The highest BCUT2D eigenvalue weighted by atomic mass is 16.6. The van der Waals surface area contributed by atoms with Crippen LogP contribution in [0, 0.1) is 0 Å². The van der Waals surface area contributed by atoms with Crippen molar-refractivity contribution < 1.29 is 9.37 Å². The molecule has 0 atom stereocenters. The molecule has 166 valence electrons. The van der Waals surface area contributed by atoms with Crippen LogP contribution in [0.25, 0.3) is 27.9 Å². The number of ether oxygens (including phenoxy) is 1. The van der Waals surface area contributed by atoms with Crippen molar-refractivity contribution in [1.82, 2.24) is 29.8 Å². The predicted octanol–water partition coefficient (Wildman–Crippen LogP) is 4.15. The van der Waals surface area contributed by atoms with Gasteiger partial charge in [0, 0.05) is 17.8 Å². The van der Waals surface area contributed by atoms with Crippen LogP contribution in [0.2, 0.25) is 0 Å². The van der Waals surface area contributed by atoms with Crippen molar-refractivity contribution in [3.8, 4) is 17.0 Å². The highest BCUT2D eigenvalue weighted by Gasteiger charge is 2.12. The second-order valence-corrected chi connectivity index (χ2v) is 8.13. The van der Waals surface area contributed by atoms with Crippen LogP contribution >= 0.6 is 0 Å². The summed E-state index contributed by atoms with van der Waals surface area (Å²) in [6.45, 7) is 4.06. The second-order valence-electron chi connectivity index (χ2n) is 8.13. The summed E-state index contributed by atoms with van der Waals surface area (Å²) in [6, 6.07) is 19.5. The normalized spacial score (nSPS) is 14.3. The Hall–Kier alpha value is -3.98. The lowest BCUT2D eigenvalue weighted by molar-refractivity contribution is 0.238. The molecule has 3 aromatic heterocycles. The van der Waals surface area contributed by atoms with Crippen LogP contribution < -0.4 is 10.1 Å². The number of hydrogen-bond donors (Lipinski definition) is 1. The number of aromatic nitrogens is 5. The number of anilines is 2. The van der Waals surface area contributed by atoms with Gasteiger partial charge in [0.05, 0.1) is 5.69 Å². The smallest absolute Gasteiger partial charge is 0.247 e. The van der Waals surface area contributed by atoms with E-state index in [0.717, 1.165) is 40.4 Å². The van der Waals surface area contributed by atoms with E-state index in [0.29, 0.717) is 18.1 Å². The zero-order valence-corrected chi connectivity index (χ0v) is 18.0. The molecule has 1 fully saturated rings. The monoisotopic (exact) mass is 441 g/mol. The number of nitrogens with zero attached hydrogens (tertiary/aromatic N) is 6. The number of nitrogens with one attached hydrogen (secondary N) is 1. The van der Waals surface area contributed by atoms with Crippen molar-refractivity contribution >= 4 is 28.3 Å². The number of fused-ring (bicyclic) bond motifs is 2. The lowest BCUT2D eigenvalue weighted by atomic mass is 10.1. The van der Waals surface area contributed by atoms with Gasteiger partial charge in [-0.15, -0.1) is 5.10 Å². The summed E-state index contributed by atoms with van der Waals surface area (Å²) >= 11 is 0. The maximum Gasteiger partial charge on any atom is 0.247 e. The molecule has 0 amide bonds. The van der Waals surface area contributed by atoms with Gasteiger partial charge in [-0.25, -0.2) is 9.14 Å². The summed E-state index contributed by atoms with van der Waals surface area (Å²) < 4.78 is 12.5. The molecular formula is C24H23N7O2. The molecule has 1 N–H and O–H groups in total. The second kappa shape index (κ2) is 8.51. The van der Waals surface area contributed by atoms with Gasteiger partial charge in [0.1, 0.15) is 23.4 Å². The Bertz CT molecular complexity index is 1390. The van der Waals surface area contributed by atoms with E-state index in [2.05, 4.69) is 30.6 Å². The molecule has 1 aliphatic heterocycles. The molecule has 9 heteroatoms. The molecule has 6 rings (SSSR count). The van der Waals surface area contributed by atoms with Gasteiger partial charge in [-0.05, 0) is 84.8 Å². The molecule has 9 nitrogen and oxygen atoms in total. The van der Waals surface area contributed by atoms with Gasteiger partial charge >= 0.3 is 0 Å². The average Bonchev–Trinajstić information content (AvgIpc) is 3.60. The highest BCUT2D eigenvalue weighted by molar-refractivity contribution is 5.80. The van der Waals surface area contributed by atoms with Crippen LogP contribution in [-0.4, -0.2) is 56.1 Å². The largest absolute Gasteiger partial charge is 0.492 e. The molecule has 0 spiro atoms. The van der Waals surface area contributed by atoms with Crippen LogP contribution in [0.5, 0.6) is 5.75 Å². The van der Waals surface area contributed by atoms with Crippen molar-refractivity contribution in [1.29, 1.82) is 0 Å². The Labute approximate surface area is 189 Å². The van der Waals surface area contributed by atoms with Crippen molar-refractivity contribution in [2.75, 3.05) is 31.6 Å². The molecule has 0 radical (unpaired) electrons. The minimum Gasteiger partial charge on any atom is -0.492 e. The average molecular weight is 441 g/mol. The van der Waals surface area contributed by atoms with Crippen molar-refractivity contribution in [2.45, 2.75) is 12.8 Å². The summed E-state index contributed by atoms with van der Waals surface area (Å²) in [7, 11) is 0. The fourth-order valence-electron chi connectivity index (χ4n) is 4.18. The van der Waals surface area contributed by atoms with E-state index in [1.54, 1.807) is 0 Å². The first-order valence-corrected chi connectivity index (χ1v) is 11.1. The third-order valence-corrected chi connectivity index (χ3v) is 5.89. The zero-order valence-electron chi connectivity index (χ0n) is 18.0. The fourth-order valence-corrected chi connectivity index (χ4v) is 4.18. The van der Waals surface area contributed by atoms with E-state index in [1.165, 1.54) is 25.9 Å². The third-order valence-electron chi connectivity index (χ3n) is 5.89. The lowest BCUT2D eigenvalue weighted by Crippen LogP contribution is -2.25. The molecule has 1 aliphatic rings. The van der Waals surface area contributed by atoms with E-state index in [9.17, 15) is 0 Å². The summed E-state index contributed by atoms with van der Waals surface area (Å²) in [4.78, 5) is 7.06. The molecule has 0 saturated carbocycles. The van der Waals surface area contributed by atoms with E-state index in [1.807, 2.05) is 65.2 Å². The number of likely N-dealkylation sites (tertiary alicyclic amines) is 1. The third kappa shape index (κ3) is 4.10. The number of benzene rings is 2. The first kappa shape index (κ1) is 19.7. The van der Waals surface area contributed by atoms with Crippen LogP contribution in [0.4, 0.5) is 11.6 Å². The summed E-state index contributed by atoms with van der Waals surface area (Å²) in [5, 5.41) is 15.7. The Morgan fingerprint density at radius 3 is 2.67 bits per heavy atom. The predicted molar refractivity (Wildman–Crippen MR) is 125 cm³/mol. The molecular weight excluding hydrogens is 418 g/mol.